The number of carbonyl (C=O) groups is 2. The van der Waals surface area contributed by atoms with Gasteiger partial charge in [0.2, 0.25) is 12.2 Å². The second-order valence-electron chi connectivity index (χ2n) is 11.7. The minimum absolute atomic E-state index is 0. The minimum atomic E-state index is -1.16. The Labute approximate surface area is 245 Å². The number of benzene rings is 2. The number of rotatable bonds is 8. The molecule has 222 valence electrons. The van der Waals surface area contributed by atoms with Gasteiger partial charge in [-0.3, -0.25) is 0 Å². The van der Waals surface area contributed by atoms with Gasteiger partial charge in [-0.05, 0) is 55.8 Å². The van der Waals surface area contributed by atoms with Gasteiger partial charge in [0.25, 0.3) is 0 Å². The number of carboxylic acids is 2. The van der Waals surface area contributed by atoms with Crippen LogP contribution in [-0.4, -0.2) is 68.6 Å². The molecule has 8 nitrogen and oxygen atoms in total. The predicted molar refractivity (Wildman–Crippen MR) is 168 cm³/mol. The van der Waals surface area contributed by atoms with Crippen LogP contribution in [0.1, 0.15) is 53.7 Å². The van der Waals surface area contributed by atoms with Gasteiger partial charge in [-0.25, -0.2) is 4.79 Å². The van der Waals surface area contributed by atoms with E-state index >= 15 is 0 Å². The molecule has 2 aromatic carbocycles. The van der Waals surface area contributed by atoms with E-state index in [9.17, 15) is 19.8 Å². The van der Waals surface area contributed by atoms with Crippen LogP contribution < -0.4 is 19.8 Å². The lowest BCUT2D eigenvalue weighted by Gasteiger charge is -2.27. The first kappa shape index (κ1) is 33.1. The Balaban J connectivity index is 0.00000294. The number of aliphatic carboxylic acids is 2. The molecule has 0 aliphatic carbocycles. The van der Waals surface area contributed by atoms with E-state index < -0.39 is 22.8 Å². The smallest absolute Gasteiger partial charge is 0.370 e. The Hall–Kier alpha value is -4.07. The van der Waals surface area contributed by atoms with Crippen LogP contribution in [0.25, 0.3) is 0 Å². The summed E-state index contributed by atoms with van der Waals surface area (Å²) < 4.78 is 1.85. The molecule has 0 spiro atoms. The van der Waals surface area contributed by atoms with Crippen LogP contribution in [0, 0.1) is 0 Å². The van der Waals surface area contributed by atoms with Gasteiger partial charge < -0.3 is 29.7 Å². The van der Waals surface area contributed by atoms with Gasteiger partial charge in [-0.15, -0.1) is 0 Å². The SMILES string of the molecule is C.C.CN(C)c1ccc2c(c1)C(C)(C)C(=CC=CC1=[N+](CC(=O)O)c3ccc(N(C)C)cc3C1(C)C)N2CC(=O)[O-]. The van der Waals surface area contributed by atoms with Crippen molar-refractivity contribution in [1.29, 1.82) is 0 Å². The average Bonchev–Trinajstić information content (AvgIpc) is 3.17. The third-order valence-corrected chi connectivity index (χ3v) is 7.87. The van der Waals surface area contributed by atoms with Crippen LogP contribution in [0.2, 0.25) is 0 Å². The first-order chi connectivity index (χ1) is 18.2. The van der Waals surface area contributed by atoms with Gasteiger partial charge in [0.05, 0.1) is 17.9 Å². The summed E-state index contributed by atoms with van der Waals surface area (Å²) in [5.41, 5.74) is 6.71. The van der Waals surface area contributed by atoms with Gasteiger partial charge in [0, 0.05) is 74.1 Å². The van der Waals surface area contributed by atoms with E-state index in [4.69, 9.17) is 0 Å². The van der Waals surface area contributed by atoms with Crippen molar-refractivity contribution < 1.29 is 24.4 Å². The number of carboxylic acid groups (broad SMARTS) is 2. The third kappa shape index (κ3) is 5.87. The van der Waals surface area contributed by atoms with Crippen LogP contribution in [0.5, 0.6) is 0 Å². The number of anilines is 3. The lowest BCUT2D eigenvalue weighted by Crippen LogP contribution is -2.38. The number of hydrogen-bond donors (Lipinski definition) is 1. The minimum Gasteiger partial charge on any atom is -0.548 e. The fourth-order valence-corrected chi connectivity index (χ4v) is 5.72. The van der Waals surface area contributed by atoms with Crippen LogP contribution in [0.15, 0.2) is 60.3 Å². The number of fused-ring (bicyclic) bond motifs is 2. The molecule has 2 heterocycles. The highest BCUT2D eigenvalue weighted by Crippen LogP contribution is 2.49. The zero-order valence-corrected chi connectivity index (χ0v) is 24.1. The van der Waals surface area contributed by atoms with Crippen molar-refractivity contribution in [3.8, 4) is 0 Å². The van der Waals surface area contributed by atoms with Crippen molar-refractivity contribution >= 4 is 40.4 Å². The summed E-state index contributed by atoms with van der Waals surface area (Å²) in [5, 5.41) is 21.4. The highest BCUT2D eigenvalue weighted by molar-refractivity contribution is 6.04. The largest absolute Gasteiger partial charge is 0.548 e. The molecule has 0 saturated heterocycles. The predicted octanol–water partition coefficient (Wildman–Crippen LogP) is 4.54. The molecule has 0 fully saturated rings. The monoisotopic (exact) mass is 562 g/mol. The van der Waals surface area contributed by atoms with Crippen LogP contribution in [0.4, 0.5) is 22.7 Å². The highest BCUT2D eigenvalue weighted by atomic mass is 16.4. The highest BCUT2D eigenvalue weighted by Gasteiger charge is 2.45. The van der Waals surface area contributed by atoms with Crippen molar-refractivity contribution in [3.05, 3.63) is 71.5 Å². The molecule has 8 heteroatoms. The summed E-state index contributed by atoms with van der Waals surface area (Å²) in [5.74, 6) is -2.07. The molecule has 0 atom stereocenters. The molecule has 2 aliphatic rings. The van der Waals surface area contributed by atoms with Gasteiger partial charge in [-0.1, -0.05) is 34.8 Å². The molecule has 0 radical (unpaired) electrons. The van der Waals surface area contributed by atoms with E-state index in [0.717, 1.165) is 45.3 Å². The fraction of sp³-hybridized carbons (Fsp3) is 0.424. The standard InChI is InChI=1S/C31H38N4O4.2CH4/c1-30(2)22-16-20(32(5)6)12-14-24(22)34(18-28(36)37)26(30)10-9-11-27-31(3,4)23-17-21(33(7)8)13-15-25(23)35(27)19-29(38)39;;/h9-17H,18-19H2,1-8H3,(H-,36,37,38,39);2*1H4. The molecule has 0 amide bonds. The van der Waals surface area contributed by atoms with E-state index in [1.807, 2.05) is 85.1 Å². The summed E-state index contributed by atoms with van der Waals surface area (Å²) in [6.45, 7) is 7.95. The molecule has 0 bridgehead atoms. The first-order valence-corrected chi connectivity index (χ1v) is 13.0. The van der Waals surface area contributed by atoms with E-state index in [2.05, 4.69) is 39.8 Å². The average molecular weight is 563 g/mol. The molecular formula is C33H46N4O4. The number of carbonyl (C=O) groups excluding carboxylic acids is 1. The van der Waals surface area contributed by atoms with Crippen molar-refractivity contribution in [2.45, 2.75) is 53.4 Å². The Kier molecular flexibility index (Phi) is 9.54. The van der Waals surface area contributed by atoms with Crippen LogP contribution in [-0.2, 0) is 20.4 Å². The fourth-order valence-electron chi connectivity index (χ4n) is 5.72. The second kappa shape index (κ2) is 11.8. The molecule has 0 aromatic heterocycles. The van der Waals surface area contributed by atoms with Gasteiger partial charge in [0.1, 0.15) is 0 Å². The normalized spacial score (nSPS) is 17.2. The van der Waals surface area contributed by atoms with Gasteiger partial charge >= 0.3 is 5.97 Å². The number of nitrogens with zero attached hydrogens (tertiary/aromatic N) is 4. The number of hydrogen-bond acceptors (Lipinski definition) is 6. The molecule has 1 N–H and O–H groups in total. The van der Waals surface area contributed by atoms with Crippen molar-refractivity contribution in [3.63, 3.8) is 0 Å². The van der Waals surface area contributed by atoms with E-state index in [1.54, 1.807) is 4.90 Å². The van der Waals surface area contributed by atoms with E-state index in [1.165, 1.54) is 0 Å². The maximum atomic E-state index is 11.8. The molecule has 0 unspecified atom stereocenters. The topological polar surface area (TPSA) is 90.2 Å². The lowest BCUT2D eigenvalue weighted by molar-refractivity contribution is -0.428. The molecular weight excluding hydrogens is 516 g/mol. The summed E-state index contributed by atoms with van der Waals surface area (Å²) in [6, 6.07) is 12.1. The van der Waals surface area contributed by atoms with Crippen molar-refractivity contribution in [1.82, 2.24) is 0 Å². The summed E-state index contributed by atoms with van der Waals surface area (Å²) >= 11 is 0. The zero-order valence-electron chi connectivity index (χ0n) is 24.1. The third-order valence-electron chi connectivity index (χ3n) is 7.87. The maximum Gasteiger partial charge on any atom is 0.370 e. The Morgan fingerprint density at radius 1 is 0.927 bits per heavy atom. The van der Waals surface area contributed by atoms with Crippen LogP contribution >= 0.6 is 0 Å². The number of allylic oxidation sites excluding steroid dienone is 4. The molecule has 4 rings (SSSR count). The Morgan fingerprint density at radius 3 is 2.02 bits per heavy atom. The summed E-state index contributed by atoms with van der Waals surface area (Å²) in [4.78, 5) is 29.4. The lowest BCUT2D eigenvalue weighted by atomic mass is 9.81. The second-order valence-corrected chi connectivity index (χ2v) is 11.7. The van der Waals surface area contributed by atoms with E-state index in [-0.39, 0.29) is 27.9 Å². The summed E-state index contributed by atoms with van der Waals surface area (Å²) in [6.07, 6.45) is 5.80. The Morgan fingerprint density at radius 2 is 1.49 bits per heavy atom. The van der Waals surface area contributed by atoms with Gasteiger partial charge in [0.15, 0.2) is 5.71 Å². The van der Waals surface area contributed by atoms with Crippen LogP contribution in [0.3, 0.4) is 0 Å². The summed E-state index contributed by atoms with van der Waals surface area (Å²) in [7, 11) is 7.92. The van der Waals surface area contributed by atoms with Crippen molar-refractivity contribution in [2.75, 3.05) is 56.0 Å². The van der Waals surface area contributed by atoms with E-state index in [0.29, 0.717) is 0 Å². The zero-order chi connectivity index (χ0) is 28.9. The quantitative estimate of drug-likeness (QED) is 0.473. The van der Waals surface area contributed by atoms with Gasteiger partial charge in [-0.2, -0.15) is 4.58 Å². The Bertz CT molecular complexity index is 1430. The molecule has 0 saturated carbocycles. The first-order valence-electron chi connectivity index (χ1n) is 13.0. The molecule has 2 aliphatic heterocycles. The van der Waals surface area contributed by atoms with Crippen molar-refractivity contribution in [2.24, 2.45) is 0 Å². The molecule has 41 heavy (non-hydrogen) atoms. The molecule has 2 aromatic rings. The maximum absolute atomic E-state index is 11.8.